The maximum atomic E-state index is 14.1. The molecule has 0 radical (unpaired) electrons. The average Bonchev–Trinajstić information content (AvgIpc) is 3.29. The second kappa shape index (κ2) is 8.74. The molecule has 0 bridgehead atoms. The van der Waals surface area contributed by atoms with Crippen LogP contribution in [-0.4, -0.2) is 84.6 Å². The molecule has 5 aliphatic rings. The highest BCUT2D eigenvalue weighted by atomic mass is 35.5. The lowest BCUT2D eigenvalue weighted by Crippen LogP contribution is -2.64. The number of carbonyl (C=O) groups is 1. The quantitative estimate of drug-likeness (QED) is 0.611. The fourth-order valence-electron chi connectivity index (χ4n) is 7.96. The third kappa shape index (κ3) is 3.26. The molecule has 32 heavy (non-hydrogen) atoms. The highest BCUT2D eigenvalue weighted by molar-refractivity contribution is 6.22. The van der Waals surface area contributed by atoms with E-state index in [0.717, 1.165) is 6.42 Å². The van der Waals surface area contributed by atoms with Crippen molar-refractivity contribution in [1.82, 2.24) is 10.4 Å². The highest BCUT2D eigenvalue weighted by Crippen LogP contribution is 2.55. The van der Waals surface area contributed by atoms with Crippen molar-refractivity contribution in [3.8, 4) is 0 Å². The van der Waals surface area contributed by atoms with Crippen LogP contribution in [0.25, 0.3) is 0 Å². The second-order valence-corrected chi connectivity index (χ2v) is 11.4. The van der Waals surface area contributed by atoms with Crippen molar-refractivity contribution in [3.63, 3.8) is 0 Å². The topological polar surface area (TPSA) is 80.3 Å². The Kier molecular flexibility index (Phi) is 6.41. The van der Waals surface area contributed by atoms with Crippen LogP contribution < -0.4 is 5.43 Å². The van der Waals surface area contributed by atoms with Crippen LogP contribution in [0.2, 0.25) is 0 Å². The zero-order valence-corrected chi connectivity index (χ0v) is 20.5. The van der Waals surface area contributed by atoms with E-state index < -0.39 is 29.1 Å². The predicted molar refractivity (Wildman–Crippen MR) is 120 cm³/mol. The van der Waals surface area contributed by atoms with Crippen LogP contribution in [0.3, 0.4) is 0 Å². The molecule has 1 spiro atoms. The largest absolute Gasteiger partial charge is 0.389 e. The minimum absolute atomic E-state index is 0.0232. The number of nitrogens with zero attached hydrogens (tertiary/aromatic N) is 1. The van der Waals surface area contributed by atoms with Gasteiger partial charge in [0.25, 0.3) is 0 Å². The van der Waals surface area contributed by atoms with E-state index >= 15 is 0 Å². The van der Waals surface area contributed by atoms with Crippen LogP contribution >= 0.6 is 11.6 Å². The van der Waals surface area contributed by atoms with Gasteiger partial charge < -0.3 is 19.3 Å². The van der Waals surface area contributed by atoms with Crippen molar-refractivity contribution in [3.05, 3.63) is 0 Å². The van der Waals surface area contributed by atoms with E-state index in [1.54, 1.807) is 14.2 Å². The van der Waals surface area contributed by atoms with E-state index in [4.69, 9.17) is 25.8 Å². The van der Waals surface area contributed by atoms with Gasteiger partial charge in [0.1, 0.15) is 0 Å². The third-order valence-corrected chi connectivity index (χ3v) is 9.99. The lowest BCUT2D eigenvalue weighted by Gasteiger charge is -2.49. The van der Waals surface area contributed by atoms with E-state index in [-0.39, 0.29) is 41.9 Å². The van der Waals surface area contributed by atoms with Gasteiger partial charge in [0, 0.05) is 45.7 Å². The Labute approximate surface area is 196 Å². The van der Waals surface area contributed by atoms with Gasteiger partial charge in [-0.05, 0) is 31.1 Å². The molecule has 5 fully saturated rings. The van der Waals surface area contributed by atoms with Crippen molar-refractivity contribution < 1.29 is 24.1 Å². The number of hydrogen-bond acceptors (Lipinski definition) is 7. The molecule has 5 rings (SSSR count). The zero-order valence-electron chi connectivity index (χ0n) is 19.7. The maximum absolute atomic E-state index is 14.1. The summed E-state index contributed by atoms with van der Waals surface area (Å²) in [5.74, 6) is -0.130. The van der Waals surface area contributed by atoms with Gasteiger partial charge in [0.15, 0.2) is 11.4 Å². The van der Waals surface area contributed by atoms with Crippen molar-refractivity contribution in [1.29, 1.82) is 0 Å². The number of ether oxygens (including phenoxy) is 3. The van der Waals surface area contributed by atoms with Crippen LogP contribution in [0.15, 0.2) is 0 Å². The number of rotatable bonds is 3. The molecular formula is C24H39ClN2O5. The Hall–Kier alpha value is -0.280. The molecule has 2 heterocycles. The van der Waals surface area contributed by atoms with E-state index in [9.17, 15) is 9.90 Å². The van der Waals surface area contributed by atoms with Gasteiger partial charge in [-0.2, -0.15) is 0 Å². The molecule has 3 saturated carbocycles. The lowest BCUT2D eigenvalue weighted by atomic mass is 9.61. The molecule has 0 aromatic rings. The summed E-state index contributed by atoms with van der Waals surface area (Å²) in [6.07, 6.45) is 5.53. The van der Waals surface area contributed by atoms with Gasteiger partial charge in [-0.1, -0.05) is 26.2 Å². The first-order valence-corrected chi connectivity index (χ1v) is 12.9. The van der Waals surface area contributed by atoms with E-state index in [1.807, 2.05) is 6.92 Å². The first kappa shape index (κ1) is 23.5. The summed E-state index contributed by atoms with van der Waals surface area (Å²) in [7, 11) is 5.36. The number of hydrazine groups is 1. The summed E-state index contributed by atoms with van der Waals surface area (Å²) in [5.41, 5.74) is 2.40. The number of halogens is 1. The molecule has 0 aromatic carbocycles. The van der Waals surface area contributed by atoms with Crippen LogP contribution in [-0.2, 0) is 19.0 Å². The van der Waals surface area contributed by atoms with E-state index in [2.05, 4.69) is 17.5 Å². The van der Waals surface area contributed by atoms with Crippen molar-refractivity contribution in [2.24, 2.45) is 23.7 Å². The monoisotopic (exact) mass is 470 g/mol. The molecule has 7 nitrogen and oxygen atoms in total. The number of fused-ring (bicyclic) bond motifs is 2. The Morgan fingerprint density at radius 3 is 2.50 bits per heavy atom. The molecule has 0 aromatic heterocycles. The number of ketones is 1. The van der Waals surface area contributed by atoms with Gasteiger partial charge in [0.05, 0.1) is 35.7 Å². The molecule has 182 valence electrons. The third-order valence-electron chi connectivity index (χ3n) is 9.46. The number of Topliss-reactive ketones (excluding diaryl/α,β-unsaturated/α-hetero) is 1. The molecule has 0 amide bonds. The highest BCUT2D eigenvalue weighted by Gasteiger charge is 2.71. The van der Waals surface area contributed by atoms with Gasteiger partial charge >= 0.3 is 0 Å². The number of hydrogen-bond donors (Lipinski definition) is 2. The molecule has 3 aliphatic carbocycles. The summed E-state index contributed by atoms with van der Waals surface area (Å²) in [6.45, 7) is 2.04. The van der Waals surface area contributed by atoms with Crippen LogP contribution in [0, 0.1) is 23.7 Å². The Balaban J connectivity index is 1.49. The number of alkyl halides is 1. The average molecular weight is 471 g/mol. The van der Waals surface area contributed by atoms with E-state index in [1.165, 1.54) is 32.1 Å². The Morgan fingerprint density at radius 2 is 1.84 bits per heavy atom. The van der Waals surface area contributed by atoms with Crippen LogP contribution in [0.1, 0.15) is 51.9 Å². The Bertz CT molecular complexity index is 721. The Morgan fingerprint density at radius 1 is 1.16 bits per heavy atom. The molecule has 2 aliphatic heterocycles. The van der Waals surface area contributed by atoms with Crippen molar-refractivity contribution in [2.75, 3.05) is 21.3 Å². The molecule has 2 N–H and O–H groups in total. The fraction of sp³-hybridized carbons (Fsp3) is 0.958. The number of aliphatic hydroxyl groups excluding tert-OH is 1. The summed E-state index contributed by atoms with van der Waals surface area (Å²) in [5, 5.41) is 13.7. The van der Waals surface area contributed by atoms with Gasteiger partial charge in [-0.15, -0.1) is 11.6 Å². The summed E-state index contributed by atoms with van der Waals surface area (Å²) < 4.78 is 18.0. The normalized spacial score (nSPS) is 52.4. The number of carbonyl (C=O) groups excluding carboxylic acids is 1. The first-order chi connectivity index (χ1) is 15.3. The minimum Gasteiger partial charge on any atom is -0.389 e. The van der Waals surface area contributed by atoms with Crippen LogP contribution in [0.4, 0.5) is 0 Å². The van der Waals surface area contributed by atoms with Crippen molar-refractivity contribution in [2.45, 2.75) is 99.3 Å². The standard InChI is InChI=1S/C24H39ClN2O5/c1-12-10-14-17(20(27(2)26-14)13-8-6-5-7-9-13)22(28)24(12)23(29)18-15(30-3)11-16(31-4)19(25)21(18)32-24/h12-22,26,28H,5-11H2,1-4H3/t12-,14?,15?,16?,17?,18?,19?,20?,21?,22?,24+/m1/s1. The zero-order chi connectivity index (χ0) is 22.8. The fourth-order valence-corrected chi connectivity index (χ4v) is 8.37. The number of aliphatic hydroxyl groups is 1. The maximum Gasteiger partial charge on any atom is 0.175 e. The summed E-state index contributed by atoms with van der Waals surface area (Å²) in [6, 6.07) is 0.355. The minimum atomic E-state index is -1.23. The molecule has 8 heteroatoms. The molecule has 11 atom stereocenters. The lowest BCUT2D eigenvalue weighted by molar-refractivity contribution is -0.195. The van der Waals surface area contributed by atoms with E-state index in [0.29, 0.717) is 12.3 Å². The van der Waals surface area contributed by atoms with Crippen LogP contribution in [0.5, 0.6) is 0 Å². The van der Waals surface area contributed by atoms with Gasteiger partial charge in [0.2, 0.25) is 0 Å². The van der Waals surface area contributed by atoms with Crippen molar-refractivity contribution >= 4 is 17.4 Å². The summed E-state index contributed by atoms with van der Waals surface area (Å²) in [4.78, 5) is 14.1. The number of nitrogens with one attached hydrogen (secondary N) is 1. The second-order valence-electron chi connectivity index (χ2n) is 10.9. The number of methoxy groups -OCH3 is 2. The smallest absolute Gasteiger partial charge is 0.175 e. The summed E-state index contributed by atoms with van der Waals surface area (Å²) >= 11 is 6.79. The molecular weight excluding hydrogens is 432 g/mol. The molecule has 9 unspecified atom stereocenters. The SMILES string of the molecule is COC1CC(OC)C2C(=O)[C@@]3(OC2C1Cl)C(O)C1C(C[C@H]3C)NN(C)C1C1CCCCC1. The van der Waals surface area contributed by atoms with Gasteiger partial charge in [-0.25, -0.2) is 5.01 Å². The predicted octanol–water partition coefficient (Wildman–Crippen LogP) is 2.13. The molecule has 2 saturated heterocycles. The van der Waals surface area contributed by atoms with Gasteiger partial charge in [-0.3, -0.25) is 10.2 Å². The first-order valence-electron chi connectivity index (χ1n) is 12.4.